The third kappa shape index (κ3) is 1.97. The molecule has 0 bridgehead atoms. The van der Waals surface area contributed by atoms with Crippen molar-refractivity contribution in [2.75, 3.05) is 14.2 Å². The first kappa shape index (κ1) is 11.5. The van der Waals surface area contributed by atoms with E-state index in [0.29, 0.717) is 17.2 Å². The number of imidazole rings is 1. The van der Waals surface area contributed by atoms with Gasteiger partial charge in [0.15, 0.2) is 5.65 Å². The molecular formula is C13H12N4O2. The topological polar surface area (TPSA) is 72.9 Å². The number of aromatic nitrogens is 4. The van der Waals surface area contributed by atoms with E-state index in [4.69, 9.17) is 9.47 Å². The summed E-state index contributed by atoms with van der Waals surface area (Å²) in [6.45, 7) is 0. The molecule has 6 heteroatoms. The first-order valence-corrected chi connectivity index (χ1v) is 5.70. The Morgan fingerprint density at radius 1 is 1.16 bits per heavy atom. The zero-order valence-corrected chi connectivity index (χ0v) is 10.5. The van der Waals surface area contributed by atoms with E-state index in [1.807, 2.05) is 18.2 Å². The van der Waals surface area contributed by atoms with Crippen molar-refractivity contribution in [3.05, 3.63) is 30.7 Å². The maximum absolute atomic E-state index is 5.34. The van der Waals surface area contributed by atoms with E-state index in [0.717, 1.165) is 16.8 Å². The van der Waals surface area contributed by atoms with Crippen LogP contribution in [0.25, 0.3) is 22.6 Å². The number of methoxy groups -OCH3 is 2. The van der Waals surface area contributed by atoms with E-state index >= 15 is 0 Å². The average molecular weight is 256 g/mol. The maximum Gasteiger partial charge on any atom is 0.181 e. The number of hydrogen-bond donors (Lipinski definition) is 1. The van der Waals surface area contributed by atoms with Crippen molar-refractivity contribution in [1.82, 2.24) is 19.9 Å². The van der Waals surface area contributed by atoms with Crippen LogP contribution >= 0.6 is 0 Å². The first-order chi connectivity index (χ1) is 9.31. The molecule has 6 nitrogen and oxygen atoms in total. The average Bonchev–Trinajstić information content (AvgIpc) is 2.90. The number of fused-ring (bicyclic) bond motifs is 1. The number of nitrogens with zero attached hydrogens (tertiary/aromatic N) is 3. The number of rotatable bonds is 3. The van der Waals surface area contributed by atoms with Crippen molar-refractivity contribution in [1.29, 1.82) is 0 Å². The van der Waals surface area contributed by atoms with Crippen LogP contribution in [0.5, 0.6) is 11.5 Å². The van der Waals surface area contributed by atoms with Gasteiger partial charge in [-0.1, -0.05) is 0 Å². The molecule has 0 aliphatic rings. The van der Waals surface area contributed by atoms with Crippen LogP contribution in [0.3, 0.4) is 0 Å². The summed E-state index contributed by atoms with van der Waals surface area (Å²) in [5, 5.41) is 0. The molecular weight excluding hydrogens is 244 g/mol. The highest BCUT2D eigenvalue weighted by Crippen LogP contribution is 2.32. The van der Waals surface area contributed by atoms with Crippen LogP contribution < -0.4 is 9.47 Å². The summed E-state index contributed by atoms with van der Waals surface area (Å²) >= 11 is 0. The van der Waals surface area contributed by atoms with Crippen LogP contribution in [0.4, 0.5) is 0 Å². The van der Waals surface area contributed by atoms with Crippen molar-refractivity contribution in [3.63, 3.8) is 0 Å². The van der Waals surface area contributed by atoms with Gasteiger partial charge in [-0.2, -0.15) is 0 Å². The zero-order valence-electron chi connectivity index (χ0n) is 10.5. The number of ether oxygens (including phenoxy) is 2. The smallest absolute Gasteiger partial charge is 0.181 e. The van der Waals surface area contributed by atoms with Crippen LogP contribution in [-0.4, -0.2) is 34.2 Å². The van der Waals surface area contributed by atoms with Gasteiger partial charge in [-0.15, -0.1) is 0 Å². The minimum Gasteiger partial charge on any atom is -0.497 e. The Bertz CT molecular complexity index is 690. The van der Waals surface area contributed by atoms with Crippen LogP contribution in [-0.2, 0) is 0 Å². The van der Waals surface area contributed by atoms with E-state index in [2.05, 4.69) is 19.9 Å². The summed E-state index contributed by atoms with van der Waals surface area (Å²) in [4.78, 5) is 15.6. The summed E-state index contributed by atoms with van der Waals surface area (Å²) in [5.41, 5.74) is 2.22. The van der Waals surface area contributed by atoms with Gasteiger partial charge in [-0.3, -0.25) is 0 Å². The molecule has 3 rings (SSSR count). The molecule has 0 amide bonds. The lowest BCUT2D eigenvalue weighted by Gasteiger charge is -2.08. The summed E-state index contributed by atoms with van der Waals surface area (Å²) < 4.78 is 10.6. The normalized spacial score (nSPS) is 10.6. The third-order valence-corrected chi connectivity index (χ3v) is 2.82. The molecule has 0 saturated heterocycles. The number of H-pyrrole nitrogens is 1. The fourth-order valence-corrected chi connectivity index (χ4v) is 1.89. The van der Waals surface area contributed by atoms with Gasteiger partial charge in [0.25, 0.3) is 0 Å². The van der Waals surface area contributed by atoms with Crippen molar-refractivity contribution < 1.29 is 9.47 Å². The van der Waals surface area contributed by atoms with Crippen LogP contribution in [0, 0.1) is 0 Å². The second kappa shape index (κ2) is 4.56. The number of aromatic amines is 1. The van der Waals surface area contributed by atoms with Gasteiger partial charge in [0.1, 0.15) is 29.2 Å². The third-order valence-electron chi connectivity index (χ3n) is 2.82. The van der Waals surface area contributed by atoms with Gasteiger partial charge in [0.2, 0.25) is 0 Å². The lowest BCUT2D eigenvalue weighted by molar-refractivity contribution is 0.404. The fraction of sp³-hybridized carbons (Fsp3) is 0.154. The number of benzene rings is 1. The highest BCUT2D eigenvalue weighted by atomic mass is 16.5. The van der Waals surface area contributed by atoms with Crippen molar-refractivity contribution in [3.8, 4) is 22.9 Å². The SMILES string of the molecule is COc1ccc(OC)c(-c2nc3ncncc3[nH]2)c1. The number of nitrogens with one attached hydrogen (secondary N) is 1. The van der Waals surface area contributed by atoms with Crippen molar-refractivity contribution in [2.24, 2.45) is 0 Å². The molecule has 2 aromatic heterocycles. The molecule has 0 atom stereocenters. The monoisotopic (exact) mass is 256 g/mol. The standard InChI is InChI=1S/C13H12N4O2/c1-18-8-3-4-11(19-2)9(5-8)12-16-10-6-14-7-15-13(10)17-12/h3-7H,1-2H3,(H,14,15,16,17). The Hall–Kier alpha value is -2.63. The predicted molar refractivity (Wildman–Crippen MR) is 70.2 cm³/mol. The molecule has 0 radical (unpaired) electrons. The quantitative estimate of drug-likeness (QED) is 0.776. The zero-order chi connectivity index (χ0) is 13.2. The van der Waals surface area contributed by atoms with Gasteiger partial charge >= 0.3 is 0 Å². The fourth-order valence-electron chi connectivity index (χ4n) is 1.89. The molecule has 0 aliphatic heterocycles. The summed E-state index contributed by atoms with van der Waals surface area (Å²) in [6.07, 6.45) is 3.15. The van der Waals surface area contributed by atoms with Crippen molar-refractivity contribution in [2.45, 2.75) is 0 Å². The van der Waals surface area contributed by atoms with Crippen LogP contribution in [0.15, 0.2) is 30.7 Å². The number of hydrogen-bond acceptors (Lipinski definition) is 5. The van der Waals surface area contributed by atoms with Gasteiger partial charge in [-0.05, 0) is 18.2 Å². The van der Waals surface area contributed by atoms with E-state index in [1.165, 1.54) is 6.33 Å². The Morgan fingerprint density at radius 3 is 2.79 bits per heavy atom. The Kier molecular flexibility index (Phi) is 2.75. The minimum atomic E-state index is 0.620. The van der Waals surface area contributed by atoms with Crippen LogP contribution in [0.2, 0.25) is 0 Å². The lowest BCUT2D eigenvalue weighted by atomic mass is 10.2. The summed E-state index contributed by atoms with van der Waals surface area (Å²) in [6, 6.07) is 5.54. The van der Waals surface area contributed by atoms with E-state index in [9.17, 15) is 0 Å². The molecule has 0 aliphatic carbocycles. The molecule has 0 fully saturated rings. The Balaban J connectivity index is 2.19. The van der Waals surface area contributed by atoms with Crippen LogP contribution in [0.1, 0.15) is 0 Å². The maximum atomic E-state index is 5.34. The molecule has 0 spiro atoms. The Labute approximate surface area is 109 Å². The van der Waals surface area contributed by atoms with Crippen molar-refractivity contribution >= 4 is 11.2 Å². The molecule has 2 heterocycles. The van der Waals surface area contributed by atoms with E-state index in [-0.39, 0.29) is 0 Å². The van der Waals surface area contributed by atoms with Gasteiger partial charge in [0, 0.05) is 0 Å². The van der Waals surface area contributed by atoms with E-state index in [1.54, 1.807) is 20.4 Å². The largest absolute Gasteiger partial charge is 0.497 e. The molecule has 0 unspecified atom stereocenters. The lowest BCUT2D eigenvalue weighted by Crippen LogP contribution is -1.91. The van der Waals surface area contributed by atoms with Gasteiger partial charge in [0.05, 0.1) is 26.0 Å². The first-order valence-electron chi connectivity index (χ1n) is 5.70. The molecule has 0 saturated carbocycles. The second-order valence-electron chi connectivity index (χ2n) is 3.91. The van der Waals surface area contributed by atoms with E-state index < -0.39 is 0 Å². The highest BCUT2D eigenvalue weighted by Gasteiger charge is 2.12. The molecule has 19 heavy (non-hydrogen) atoms. The Morgan fingerprint density at radius 2 is 2.05 bits per heavy atom. The summed E-state index contributed by atoms with van der Waals surface area (Å²) in [5.74, 6) is 2.13. The van der Waals surface area contributed by atoms with Gasteiger partial charge < -0.3 is 14.5 Å². The summed E-state index contributed by atoms with van der Waals surface area (Å²) in [7, 11) is 3.24. The minimum absolute atomic E-state index is 0.620. The van der Waals surface area contributed by atoms with Gasteiger partial charge in [-0.25, -0.2) is 15.0 Å². The highest BCUT2D eigenvalue weighted by molar-refractivity contribution is 5.77. The molecule has 3 aromatic rings. The molecule has 96 valence electrons. The predicted octanol–water partition coefficient (Wildman–Crippen LogP) is 2.04. The second-order valence-corrected chi connectivity index (χ2v) is 3.91. The molecule has 1 N–H and O–H groups in total. The molecule has 1 aromatic carbocycles.